The maximum absolute atomic E-state index is 12.6. The fourth-order valence-corrected chi connectivity index (χ4v) is 5.26. The highest BCUT2D eigenvalue weighted by atomic mass is 32.2. The number of hydrogen-bond donors (Lipinski definition) is 0. The molecule has 3 aromatic rings. The summed E-state index contributed by atoms with van der Waals surface area (Å²) in [5.41, 5.74) is 2.99. The van der Waals surface area contributed by atoms with Crippen molar-refractivity contribution in [2.75, 3.05) is 12.8 Å². The number of rotatable bonds is 8. The van der Waals surface area contributed by atoms with E-state index in [0.717, 1.165) is 22.0 Å². The van der Waals surface area contributed by atoms with Gasteiger partial charge in [0.05, 0.1) is 40.9 Å². The van der Waals surface area contributed by atoms with Crippen LogP contribution in [0.4, 0.5) is 0 Å². The van der Waals surface area contributed by atoms with E-state index in [1.807, 2.05) is 48.9 Å². The Morgan fingerprint density at radius 2 is 1.90 bits per heavy atom. The van der Waals surface area contributed by atoms with Crippen LogP contribution >= 0.6 is 11.3 Å². The molecule has 0 N–H and O–H groups in total. The fraction of sp³-hybridized carbons (Fsp3) is 0.429. The zero-order valence-electron chi connectivity index (χ0n) is 17.6. The molecular formula is C21H28N4O2S2. The van der Waals surface area contributed by atoms with Crippen molar-refractivity contribution in [1.29, 1.82) is 0 Å². The fourth-order valence-electron chi connectivity index (χ4n) is 3.36. The third-order valence-corrected chi connectivity index (χ3v) is 7.70. The van der Waals surface area contributed by atoms with Crippen molar-refractivity contribution < 1.29 is 8.42 Å². The summed E-state index contributed by atoms with van der Waals surface area (Å²) in [6, 6.07) is 9.99. The number of benzene rings is 1. The number of aromatic nitrogens is 3. The van der Waals surface area contributed by atoms with Gasteiger partial charge in [0, 0.05) is 11.4 Å². The Labute approximate surface area is 177 Å². The lowest BCUT2D eigenvalue weighted by molar-refractivity contribution is 0.242. The molecule has 2 heterocycles. The quantitative estimate of drug-likeness (QED) is 0.538. The molecule has 0 aliphatic carbocycles. The van der Waals surface area contributed by atoms with E-state index < -0.39 is 9.84 Å². The molecule has 0 aliphatic rings. The van der Waals surface area contributed by atoms with E-state index in [1.165, 1.54) is 4.88 Å². The third kappa shape index (κ3) is 4.76. The first-order valence-electron chi connectivity index (χ1n) is 9.68. The van der Waals surface area contributed by atoms with Gasteiger partial charge in [0.1, 0.15) is 0 Å². The summed E-state index contributed by atoms with van der Waals surface area (Å²) < 4.78 is 27.0. The Morgan fingerprint density at radius 1 is 1.21 bits per heavy atom. The molecule has 0 radical (unpaired) electrons. The summed E-state index contributed by atoms with van der Waals surface area (Å²) in [7, 11) is -1.38. The molecule has 0 bridgehead atoms. The highest BCUT2D eigenvalue weighted by Gasteiger charge is 2.24. The Balaban J connectivity index is 1.93. The van der Waals surface area contributed by atoms with Crippen LogP contribution in [0.15, 0.2) is 41.7 Å². The number of hydrogen-bond acceptors (Lipinski definition) is 6. The first-order valence-corrected chi connectivity index (χ1v) is 12.1. The third-order valence-electron chi connectivity index (χ3n) is 5.15. The van der Waals surface area contributed by atoms with Gasteiger partial charge < -0.3 is 4.57 Å². The second-order valence-electron chi connectivity index (χ2n) is 7.27. The number of aryl methyl sites for hydroxylation is 2. The number of thiazole rings is 1. The Hall–Kier alpha value is -2.03. The number of sulfone groups is 1. The van der Waals surface area contributed by atoms with Gasteiger partial charge in [0.25, 0.3) is 0 Å². The largest absolute Gasteiger partial charge is 0.313 e. The summed E-state index contributed by atoms with van der Waals surface area (Å²) >= 11 is 1.70. The summed E-state index contributed by atoms with van der Waals surface area (Å²) in [5, 5.41) is 1.20. The van der Waals surface area contributed by atoms with Gasteiger partial charge in [0.2, 0.25) is 15.0 Å². The second-order valence-corrected chi connectivity index (χ2v) is 10.9. The lowest BCUT2D eigenvalue weighted by Gasteiger charge is -2.24. The predicted molar refractivity (Wildman–Crippen MR) is 117 cm³/mol. The maximum atomic E-state index is 12.6. The number of nitrogens with zero attached hydrogens (tertiary/aromatic N) is 4. The Kier molecular flexibility index (Phi) is 6.55. The minimum Gasteiger partial charge on any atom is -0.313 e. The molecule has 0 saturated heterocycles. The number of imidazole rings is 1. The molecule has 3 rings (SSSR count). The molecule has 0 amide bonds. The van der Waals surface area contributed by atoms with Gasteiger partial charge in [-0.3, -0.25) is 4.90 Å². The maximum Gasteiger partial charge on any atom is 0.228 e. The summed E-state index contributed by atoms with van der Waals surface area (Å²) in [5.74, 6) is 0.0295. The van der Waals surface area contributed by atoms with Crippen LogP contribution in [0.1, 0.15) is 46.7 Å². The highest BCUT2D eigenvalue weighted by Crippen LogP contribution is 2.27. The van der Waals surface area contributed by atoms with Crippen molar-refractivity contribution in [3.63, 3.8) is 0 Å². The van der Waals surface area contributed by atoms with Crippen molar-refractivity contribution in [3.05, 3.63) is 63.4 Å². The molecule has 6 nitrogen and oxygen atoms in total. The van der Waals surface area contributed by atoms with E-state index in [4.69, 9.17) is 0 Å². The van der Waals surface area contributed by atoms with Gasteiger partial charge in [-0.05, 0) is 33.4 Å². The standard InChI is InChI=1S/C21H28N4O2S2/c1-6-29(26,27)21-22-12-19(25(21)13-18-10-8-7-9-11-18)14-24(5)15(2)20-16(3)28-17(4)23-20/h7-12,15H,6,13-14H2,1-5H3/t15-/m1/s1. The Morgan fingerprint density at radius 3 is 2.48 bits per heavy atom. The lowest BCUT2D eigenvalue weighted by Crippen LogP contribution is -2.25. The highest BCUT2D eigenvalue weighted by molar-refractivity contribution is 7.91. The van der Waals surface area contributed by atoms with Crippen LogP contribution < -0.4 is 0 Å². The molecule has 0 spiro atoms. The van der Waals surface area contributed by atoms with E-state index in [9.17, 15) is 8.42 Å². The molecule has 1 aromatic carbocycles. The second kappa shape index (κ2) is 8.77. The SMILES string of the molecule is CCS(=O)(=O)c1ncc(CN(C)[C@H](C)c2nc(C)sc2C)n1Cc1ccccc1. The molecule has 0 saturated carbocycles. The van der Waals surface area contributed by atoms with Gasteiger partial charge in [-0.2, -0.15) is 0 Å². The molecule has 1 atom stereocenters. The molecule has 0 aliphatic heterocycles. The van der Waals surface area contributed by atoms with Crippen molar-refractivity contribution >= 4 is 21.2 Å². The first kappa shape index (κ1) is 21.7. The predicted octanol–water partition coefficient (Wildman–Crippen LogP) is 3.99. The van der Waals surface area contributed by atoms with Crippen LogP contribution in [0.25, 0.3) is 0 Å². The van der Waals surface area contributed by atoms with Crippen molar-refractivity contribution in [3.8, 4) is 0 Å². The van der Waals surface area contributed by atoms with Crippen LogP contribution in [0.3, 0.4) is 0 Å². The van der Waals surface area contributed by atoms with Gasteiger partial charge in [-0.1, -0.05) is 37.3 Å². The molecular weight excluding hydrogens is 404 g/mol. The Bertz CT molecular complexity index is 1070. The van der Waals surface area contributed by atoms with Gasteiger partial charge in [-0.15, -0.1) is 11.3 Å². The van der Waals surface area contributed by atoms with E-state index in [2.05, 4.69) is 28.7 Å². The van der Waals surface area contributed by atoms with Crippen LogP contribution in [0.2, 0.25) is 0 Å². The van der Waals surface area contributed by atoms with Crippen molar-refractivity contribution in [2.45, 2.75) is 52.0 Å². The van der Waals surface area contributed by atoms with Crippen LogP contribution in [0, 0.1) is 13.8 Å². The molecule has 8 heteroatoms. The van der Waals surface area contributed by atoms with Gasteiger partial charge >= 0.3 is 0 Å². The van der Waals surface area contributed by atoms with Crippen LogP contribution in [-0.4, -0.2) is 40.7 Å². The van der Waals surface area contributed by atoms with Gasteiger partial charge in [0.15, 0.2) is 0 Å². The summed E-state index contributed by atoms with van der Waals surface area (Å²) in [6.07, 6.45) is 1.69. The monoisotopic (exact) mass is 432 g/mol. The molecule has 29 heavy (non-hydrogen) atoms. The van der Waals surface area contributed by atoms with Crippen molar-refractivity contribution in [2.24, 2.45) is 0 Å². The van der Waals surface area contributed by atoms with E-state index in [1.54, 1.807) is 24.5 Å². The first-order chi connectivity index (χ1) is 13.7. The normalized spacial score (nSPS) is 13.2. The molecule has 156 valence electrons. The molecule has 0 unspecified atom stereocenters. The van der Waals surface area contributed by atoms with Gasteiger partial charge in [-0.25, -0.2) is 18.4 Å². The molecule has 0 fully saturated rings. The topological polar surface area (TPSA) is 68.1 Å². The lowest BCUT2D eigenvalue weighted by atomic mass is 10.2. The zero-order chi connectivity index (χ0) is 21.2. The summed E-state index contributed by atoms with van der Waals surface area (Å²) in [6.45, 7) is 8.94. The van der Waals surface area contributed by atoms with E-state index in [-0.39, 0.29) is 17.0 Å². The summed E-state index contributed by atoms with van der Waals surface area (Å²) in [4.78, 5) is 12.4. The van der Waals surface area contributed by atoms with Crippen LogP contribution in [-0.2, 0) is 22.9 Å². The molecule has 2 aromatic heterocycles. The van der Waals surface area contributed by atoms with Crippen molar-refractivity contribution in [1.82, 2.24) is 19.4 Å². The van der Waals surface area contributed by atoms with E-state index >= 15 is 0 Å². The zero-order valence-corrected chi connectivity index (χ0v) is 19.2. The average molecular weight is 433 g/mol. The smallest absolute Gasteiger partial charge is 0.228 e. The van der Waals surface area contributed by atoms with E-state index in [0.29, 0.717) is 13.1 Å². The van der Waals surface area contributed by atoms with Crippen LogP contribution in [0.5, 0.6) is 0 Å². The minimum absolute atomic E-state index is 0.0295. The average Bonchev–Trinajstić information content (AvgIpc) is 3.24. The minimum atomic E-state index is -3.42.